The summed E-state index contributed by atoms with van der Waals surface area (Å²) >= 11 is 0. The molecule has 5 heterocycles. The highest BCUT2D eigenvalue weighted by Crippen LogP contribution is 2.45. The number of hydrogen-bond donors (Lipinski definition) is 1. The molecule has 0 spiro atoms. The fraction of sp³-hybridized carbons (Fsp3) is 0.438. The highest BCUT2D eigenvalue weighted by Gasteiger charge is 2.41. The van der Waals surface area contributed by atoms with Gasteiger partial charge in [0.2, 0.25) is 0 Å². The SMILES string of the molecule is CCN1C2CCC1CC(c1ccnc3c(-c4ccc(N(C(=O)O)C(C)(C)C)c(OC)c4)c(-c4ccncc4)nn13)C2. The second-order valence-electron chi connectivity index (χ2n) is 12.1. The molecule has 2 aliphatic rings. The maximum Gasteiger partial charge on any atom is 0.412 e. The van der Waals surface area contributed by atoms with Gasteiger partial charge in [-0.2, -0.15) is 5.10 Å². The largest absolute Gasteiger partial charge is 0.495 e. The lowest BCUT2D eigenvalue weighted by Crippen LogP contribution is -2.45. The monoisotopic (exact) mass is 554 g/mol. The first kappa shape index (κ1) is 27.2. The molecule has 2 saturated heterocycles. The summed E-state index contributed by atoms with van der Waals surface area (Å²) in [5.41, 5.74) is 5.30. The summed E-state index contributed by atoms with van der Waals surface area (Å²) in [4.78, 5) is 25.3. The van der Waals surface area contributed by atoms with Gasteiger partial charge in [0, 0.05) is 53.4 Å². The van der Waals surface area contributed by atoms with Crippen molar-refractivity contribution in [2.24, 2.45) is 0 Å². The second kappa shape index (κ2) is 10.4. The van der Waals surface area contributed by atoms with E-state index < -0.39 is 11.6 Å². The molecule has 1 N–H and O–H groups in total. The molecule has 2 atom stereocenters. The molecule has 2 unspecified atom stereocenters. The van der Waals surface area contributed by atoms with E-state index in [1.54, 1.807) is 19.5 Å². The van der Waals surface area contributed by atoms with Gasteiger partial charge in [-0.25, -0.2) is 14.3 Å². The number of pyridine rings is 1. The maximum atomic E-state index is 12.3. The number of benzene rings is 1. The summed E-state index contributed by atoms with van der Waals surface area (Å²) in [7, 11) is 1.57. The van der Waals surface area contributed by atoms with Crippen LogP contribution in [0.15, 0.2) is 55.0 Å². The zero-order valence-corrected chi connectivity index (χ0v) is 24.4. The van der Waals surface area contributed by atoms with Crippen LogP contribution in [-0.4, -0.2) is 67.0 Å². The van der Waals surface area contributed by atoms with E-state index >= 15 is 0 Å². The minimum Gasteiger partial charge on any atom is -0.495 e. The van der Waals surface area contributed by atoms with E-state index in [-0.39, 0.29) is 0 Å². The third-order valence-corrected chi connectivity index (χ3v) is 8.74. The predicted molar refractivity (Wildman–Crippen MR) is 160 cm³/mol. The number of fused-ring (bicyclic) bond motifs is 3. The van der Waals surface area contributed by atoms with Crippen LogP contribution in [0.5, 0.6) is 5.75 Å². The van der Waals surface area contributed by atoms with Crippen LogP contribution in [0.1, 0.15) is 65.0 Å². The minimum atomic E-state index is -1.04. The van der Waals surface area contributed by atoms with Crippen LogP contribution in [0.2, 0.25) is 0 Å². The van der Waals surface area contributed by atoms with Gasteiger partial charge in [0.1, 0.15) is 11.4 Å². The Balaban J connectivity index is 1.51. The predicted octanol–water partition coefficient (Wildman–Crippen LogP) is 6.48. The lowest BCUT2D eigenvalue weighted by molar-refractivity contribution is 0.132. The van der Waals surface area contributed by atoms with Crippen molar-refractivity contribution in [2.75, 3.05) is 18.6 Å². The molecule has 1 amide bonds. The maximum absolute atomic E-state index is 12.3. The Morgan fingerprint density at radius 3 is 2.37 bits per heavy atom. The molecule has 2 bridgehead atoms. The Morgan fingerprint density at radius 2 is 1.76 bits per heavy atom. The third kappa shape index (κ3) is 4.72. The number of rotatable bonds is 6. The smallest absolute Gasteiger partial charge is 0.412 e. The van der Waals surface area contributed by atoms with Crippen molar-refractivity contribution in [1.82, 2.24) is 24.5 Å². The molecule has 6 rings (SSSR count). The van der Waals surface area contributed by atoms with E-state index in [1.165, 1.54) is 23.4 Å². The van der Waals surface area contributed by atoms with Gasteiger partial charge in [-0.3, -0.25) is 14.8 Å². The molecule has 2 aliphatic heterocycles. The van der Waals surface area contributed by atoms with Crippen molar-refractivity contribution >= 4 is 17.4 Å². The fourth-order valence-corrected chi connectivity index (χ4v) is 7.05. The number of methoxy groups -OCH3 is 1. The molecule has 0 saturated carbocycles. The topological polar surface area (TPSA) is 96.1 Å². The molecule has 0 radical (unpaired) electrons. The van der Waals surface area contributed by atoms with Gasteiger partial charge < -0.3 is 9.84 Å². The number of ether oxygens (including phenoxy) is 1. The first-order valence-corrected chi connectivity index (χ1v) is 14.5. The van der Waals surface area contributed by atoms with Crippen molar-refractivity contribution in [1.29, 1.82) is 0 Å². The van der Waals surface area contributed by atoms with Crippen LogP contribution < -0.4 is 9.64 Å². The first-order chi connectivity index (χ1) is 19.7. The standard InChI is InChI=1S/C32H38N6O3/c1-6-36-23-8-9-24(36)18-22(17-23)25-13-16-34-30-28(29(35-38(25)30)20-11-14-33-15-12-20)21-7-10-26(27(19-21)41-5)37(31(39)40)32(2,3)4/h7,10-16,19,22-24H,6,8-9,17-18H2,1-5H3,(H,39,40). The summed E-state index contributed by atoms with van der Waals surface area (Å²) in [5, 5.41) is 15.2. The highest BCUT2D eigenvalue weighted by molar-refractivity contribution is 5.94. The number of aromatic nitrogens is 4. The summed E-state index contributed by atoms with van der Waals surface area (Å²) < 4.78 is 7.81. The quantitative estimate of drug-likeness (QED) is 0.291. The molecule has 41 heavy (non-hydrogen) atoms. The Hall–Kier alpha value is -3.98. The summed E-state index contributed by atoms with van der Waals surface area (Å²) in [5.74, 6) is 0.881. The molecule has 4 aromatic rings. The van der Waals surface area contributed by atoms with Gasteiger partial charge in [0.25, 0.3) is 0 Å². The van der Waals surface area contributed by atoms with Gasteiger partial charge in [-0.05, 0) is 88.9 Å². The van der Waals surface area contributed by atoms with Crippen LogP contribution in [0.3, 0.4) is 0 Å². The molecule has 214 valence electrons. The normalized spacial score (nSPS) is 20.9. The fourth-order valence-electron chi connectivity index (χ4n) is 7.05. The van der Waals surface area contributed by atoms with Crippen molar-refractivity contribution in [3.05, 3.63) is 60.7 Å². The van der Waals surface area contributed by atoms with Crippen LogP contribution >= 0.6 is 0 Å². The van der Waals surface area contributed by atoms with Crippen molar-refractivity contribution in [3.8, 4) is 28.1 Å². The minimum absolute atomic E-state index is 0.409. The zero-order chi connectivity index (χ0) is 28.9. The molecule has 9 heteroatoms. The van der Waals surface area contributed by atoms with Crippen LogP contribution in [0.4, 0.5) is 10.5 Å². The Bertz CT molecular complexity index is 1560. The number of anilines is 1. The lowest BCUT2D eigenvalue weighted by atomic mass is 9.88. The molecule has 1 aromatic carbocycles. The van der Waals surface area contributed by atoms with E-state index in [9.17, 15) is 9.90 Å². The van der Waals surface area contributed by atoms with Crippen LogP contribution in [-0.2, 0) is 0 Å². The highest BCUT2D eigenvalue weighted by atomic mass is 16.5. The number of hydrogen-bond acceptors (Lipinski definition) is 6. The van der Waals surface area contributed by atoms with Crippen LogP contribution in [0.25, 0.3) is 28.0 Å². The number of carboxylic acid groups (broad SMARTS) is 1. The second-order valence-corrected chi connectivity index (χ2v) is 12.1. The lowest BCUT2D eigenvalue weighted by Gasteiger charge is -2.38. The van der Waals surface area contributed by atoms with Gasteiger partial charge >= 0.3 is 6.09 Å². The van der Waals surface area contributed by atoms with E-state index in [0.717, 1.165) is 47.4 Å². The first-order valence-electron chi connectivity index (χ1n) is 14.5. The van der Waals surface area contributed by atoms with Crippen molar-refractivity contribution in [2.45, 2.75) is 76.9 Å². The summed E-state index contributed by atoms with van der Waals surface area (Å²) in [6.07, 6.45) is 9.20. The van der Waals surface area contributed by atoms with Gasteiger partial charge in [-0.1, -0.05) is 13.0 Å². The van der Waals surface area contributed by atoms with Crippen LogP contribution in [0, 0.1) is 0 Å². The number of carbonyl (C=O) groups is 1. The number of nitrogens with zero attached hydrogens (tertiary/aromatic N) is 6. The zero-order valence-electron chi connectivity index (χ0n) is 24.4. The van der Waals surface area contributed by atoms with Crippen molar-refractivity contribution in [3.63, 3.8) is 0 Å². The number of amides is 1. The van der Waals surface area contributed by atoms with Crippen molar-refractivity contribution < 1.29 is 14.6 Å². The average Bonchev–Trinajstić information content (AvgIpc) is 3.46. The molecular formula is C32H38N6O3. The van der Waals surface area contributed by atoms with Gasteiger partial charge in [0.05, 0.1) is 18.4 Å². The summed E-state index contributed by atoms with van der Waals surface area (Å²) in [6.45, 7) is 8.98. The summed E-state index contributed by atoms with van der Waals surface area (Å²) in [6, 6.07) is 12.9. The Kier molecular flexibility index (Phi) is 6.93. The van der Waals surface area contributed by atoms with E-state index in [2.05, 4.69) is 22.9 Å². The Labute approximate surface area is 240 Å². The molecule has 0 aliphatic carbocycles. The number of piperidine rings is 1. The van der Waals surface area contributed by atoms with E-state index in [4.69, 9.17) is 14.8 Å². The molecule has 9 nitrogen and oxygen atoms in total. The average molecular weight is 555 g/mol. The molecule has 2 fully saturated rings. The molecular weight excluding hydrogens is 516 g/mol. The van der Waals surface area contributed by atoms with E-state index in [1.807, 2.05) is 61.8 Å². The van der Waals surface area contributed by atoms with Gasteiger partial charge in [0.15, 0.2) is 5.65 Å². The Morgan fingerprint density at radius 1 is 1.05 bits per heavy atom. The van der Waals surface area contributed by atoms with Gasteiger partial charge in [-0.15, -0.1) is 0 Å². The molecule has 3 aromatic heterocycles. The third-order valence-electron chi connectivity index (χ3n) is 8.74. The van der Waals surface area contributed by atoms with E-state index in [0.29, 0.717) is 29.4 Å².